The lowest BCUT2D eigenvalue weighted by Crippen LogP contribution is -2.51. The molecule has 11 nitrogen and oxygen atoms in total. The number of aliphatic hydroxyl groups excluding tert-OH is 1. The molecule has 0 aliphatic carbocycles. The SMILES string of the molecule is C.C[C@H](O)CNC(=O)OCc1cccc2nnc([C@@H](COCc3ccccc3)NC(=O)C(C)(C)N)n12. The van der Waals surface area contributed by atoms with Gasteiger partial charge in [0.15, 0.2) is 11.5 Å². The highest BCUT2D eigenvalue weighted by Crippen LogP contribution is 2.18. The van der Waals surface area contributed by atoms with Crippen molar-refractivity contribution in [2.24, 2.45) is 5.73 Å². The molecule has 0 unspecified atom stereocenters. The number of hydrogen-bond acceptors (Lipinski definition) is 8. The summed E-state index contributed by atoms with van der Waals surface area (Å²) in [4.78, 5) is 24.7. The molecule has 2 heterocycles. The van der Waals surface area contributed by atoms with E-state index in [0.29, 0.717) is 23.8 Å². The summed E-state index contributed by atoms with van der Waals surface area (Å²) in [6.45, 7) is 5.22. The fraction of sp³-hybridized carbons (Fsp3) is 0.440. The second-order valence-corrected chi connectivity index (χ2v) is 8.82. The quantitative estimate of drug-likeness (QED) is 0.312. The van der Waals surface area contributed by atoms with E-state index < -0.39 is 23.8 Å². The van der Waals surface area contributed by atoms with Gasteiger partial charge in [0.25, 0.3) is 0 Å². The van der Waals surface area contributed by atoms with Gasteiger partial charge in [-0.25, -0.2) is 4.79 Å². The zero-order chi connectivity index (χ0) is 25.4. The summed E-state index contributed by atoms with van der Waals surface area (Å²) in [5.74, 6) is 0.0306. The van der Waals surface area contributed by atoms with Crippen LogP contribution in [0.4, 0.5) is 4.79 Å². The van der Waals surface area contributed by atoms with Crippen LogP contribution < -0.4 is 16.4 Å². The summed E-state index contributed by atoms with van der Waals surface area (Å²) in [5.41, 5.74) is 6.96. The molecule has 1 aromatic carbocycles. The van der Waals surface area contributed by atoms with Gasteiger partial charge in [0.2, 0.25) is 5.91 Å². The standard InChI is InChI=1S/C24H32N6O5.CH4/c1-16(31)12-26-23(33)35-14-18-10-7-11-20-28-29-21(30(18)20)19(27-22(32)24(2,3)25)15-34-13-17-8-5-4-6-9-17;/h4-11,16,19,31H,12-15,25H2,1-3H3,(H,26,33)(H,27,32);1H4/t16-,19+;/m0./s1. The van der Waals surface area contributed by atoms with Crippen LogP contribution in [0.25, 0.3) is 5.65 Å². The van der Waals surface area contributed by atoms with Crippen LogP contribution in [-0.4, -0.2) is 56.5 Å². The molecule has 0 radical (unpaired) electrons. The van der Waals surface area contributed by atoms with Crippen molar-refractivity contribution in [3.63, 3.8) is 0 Å². The Morgan fingerprint density at radius 3 is 2.50 bits per heavy atom. The third kappa shape index (κ3) is 8.01. The number of nitrogens with two attached hydrogens (primary N) is 1. The fourth-order valence-corrected chi connectivity index (χ4v) is 3.18. The minimum atomic E-state index is -1.12. The van der Waals surface area contributed by atoms with Gasteiger partial charge in [-0.3, -0.25) is 9.20 Å². The lowest BCUT2D eigenvalue weighted by molar-refractivity contribution is -0.126. The summed E-state index contributed by atoms with van der Waals surface area (Å²) in [6.07, 6.45) is -1.36. The fourth-order valence-electron chi connectivity index (χ4n) is 3.18. The van der Waals surface area contributed by atoms with Crippen molar-refractivity contribution < 1.29 is 24.2 Å². The largest absolute Gasteiger partial charge is 0.443 e. The van der Waals surface area contributed by atoms with Gasteiger partial charge in [0.05, 0.1) is 30.6 Å². The van der Waals surface area contributed by atoms with Gasteiger partial charge in [-0.2, -0.15) is 0 Å². The van der Waals surface area contributed by atoms with Gasteiger partial charge in [0.1, 0.15) is 12.6 Å². The first-order valence-electron chi connectivity index (χ1n) is 11.3. The molecular formula is C25H36N6O5. The van der Waals surface area contributed by atoms with E-state index >= 15 is 0 Å². The number of rotatable bonds is 11. The number of ether oxygens (including phenoxy) is 2. The predicted molar refractivity (Wildman–Crippen MR) is 135 cm³/mol. The molecule has 0 fully saturated rings. The third-order valence-electron chi connectivity index (χ3n) is 5.03. The number of aliphatic hydroxyl groups is 1. The molecule has 0 aliphatic rings. The highest BCUT2D eigenvalue weighted by Gasteiger charge is 2.28. The zero-order valence-electron chi connectivity index (χ0n) is 20.1. The maximum absolute atomic E-state index is 12.7. The van der Waals surface area contributed by atoms with Crippen molar-refractivity contribution >= 4 is 17.6 Å². The first-order valence-corrected chi connectivity index (χ1v) is 11.3. The number of carbonyl (C=O) groups is 2. The number of alkyl carbamates (subject to hydrolysis) is 1. The Labute approximate surface area is 211 Å². The summed E-state index contributed by atoms with van der Waals surface area (Å²) < 4.78 is 12.9. The second-order valence-electron chi connectivity index (χ2n) is 8.82. The van der Waals surface area contributed by atoms with Crippen molar-refractivity contribution in [3.8, 4) is 0 Å². The molecule has 2 amide bonds. The Morgan fingerprint density at radius 1 is 1.11 bits per heavy atom. The first-order chi connectivity index (χ1) is 16.6. The molecule has 196 valence electrons. The summed E-state index contributed by atoms with van der Waals surface area (Å²) >= 11 is 0. The van der Waals surface area contributed by atoms with Crippen molar-refractivity contribution in [2.75, 3.05) is 13.2 Å². The molecule has 2 atom stereocenters. The van der Waals surface area contributed by atoms with Gasteiger partial charge in [-0.05, 0) is 38.5 Å². The van der Waals surface area contributed by atoms with E-state index in [-0.39, 0.29) is 33.1 Å². The third-order valence-corrected chi connectivity index (χ3v) is 5.03. The van der Waals surface area contributed by atoms with Crippen molar-refractivity contribution in [3.05, 3.63) is 65.6 Å². The summed E-state index contributed by atoms with van der Waals surface area (Å²) in [7, 11) is 0. The molecule has 5 N–H and O–H groups in total. The van der Waals surface area contributed by atoms with Gasteiger partial charge < -0.3 is 30.9 Å². The van der Waals surface area contributed by atoms with Gasteiger partial charge in [-0.15, -0.1) is 10.2 Å². The Hall–Kier alpha value is -3.54. The Kier molecular flexibility index (Phi) is 10.3. The lowest BCUT2D eigenvalue weighted by atomic mass is 10.1. The van der Waals surface area contributed by atoms with Crippen LogP contribution in [0.1, 0.15) is 51.3 Å². The predicted octanol–water partition coefficient (Wildman–Crippen LogP) is 2.08. The van der Waals surface area contributed by atoms with Crippen molar-refractivity contribution in [1.29, 1.82) is 0 Å². The van der Waals surface area contributed by atoms with E-state index in [1.54, 1.807) is 43.4 Å². The molecule has 0 saturated carbocycles. The molecular weight excluding hydrogens is 464 g/mol. The Balaban J connectivity index is 0.00000456. The van der Waals surface area contributed by atoms with Gasteiger partial charge in [-0.1, -0.05) is 43.8 Å². The normalized spacial score (nSPS) is 12.9. The zero-order valence-corrected chi connectivity index (χ0v) is 20.1. The van der Waals surface area contributed by atoms with E-state index in [4.69, 9.17) is 15.2 Å². The number of fused-ring (bicyclic) bond motifs is 1. The lowest BCUT2D eigenvalue weighted by Gasteiger charge is -2.24. The highest BCUT2D eigenvalue weighted by molar-refractivity contribution is 5.85. The van der Waals surface area contributed by atoms with E-state index in [1.807, 2.05) is 30.3 Å². The minimum absolute atomic E-state index is 0. The molecule has 36 heavy (non-hydrogen) atoms. The number of benzene rings is 1. The Bertz CT molecular complexity index is 1130. The molecule has 0 spiro atoms. The number of nitrogens with zero attached hydrogens (tertiary/aromatic N) is 3. The van der Waals surface area contributed by atoms with Crippen LogP contribution in [0.3, 0.4) is 0 Å². The number of carbonyl (C=O) groups excluding carboxylic acids is 2. The molecule has 2 aromatic heterocycles. The number of hydrogen-bond donors (Lipinski definition) is 4. The Morgan fingerprint density at radius 2 is 1.83 bits per heavy atom. The van der Waals surface area contributed by atoms with Crippen LogP contribution in [-0.2, 0) is 27.5 Å². The van der Waals surface area contributed by atoms with E-state index in [1.165, 1.54) is 0 Å². The van der Waals surface area contributed by atoms with E-state index in [0.717, 1.165) is 5.56 Å². The maximum Gasteiger partial charge on any atom is 0.407 e. The molecule has 0 aliphatic heterocycles. The second kappa shape index (κ2) is 13.0. The highest BCUT2D eigenvalue weighted by atomic mass is 16.5. The van der Waals surface area contributed by atoms with Gasteiger partial charge >= 0.3 is 6.09 Å². The molecule has 3 aromatic rings. The number of amides is 2. The van der Waals surface area contributed by atoms with E-state index in [9.17, 15) is 14.7 Å². The number of pyridine rings is 1. The smallest absolute Gasteiger partial charge is 0.407 e. The van der Waals surface area contributed by atoms with Crippen molar-refractivity contribution in [2.45, 2.75) is 59.1 Å². The maximum atomic E-state index is 12.7. The monoisotopic (exact) mass is 500 g/mol. The van der Waals surface area contributed by atoms with Crippen molar-refractivity contribution in [1.82, 2.24) is 25.2 Å². The van der Waals surface area contributed by atoms with Crippen LogP contribution in [0, 0.1) is 0 Å². The summed E-state index contributed by atoms with van der Waals surface area (Å²) in [6, 6.07) is 14.3. The van der Waals surface area contributed by atoms with Crippen LogP contribution in [0.5, 0.6) is 0 Å². The first kappa shape index (κ1) is 28.7. The topological polar surface area (TPSA) is 153 Å². The average molecular weight is 501 g/mol. The summed E-state index contributed by atoms with van der Waals surface area (Å²) in [5, 5.41) is 23.2. The molecule has 0 saturated heterocycles. The molecule has 3 rings (SSSR count). The minimum Gasteiger partial charge on any atom is -0.443 e. The number of aromatic nitrogens is 3. The van der Waals surface area contributed by atoms with Gasteiger partial charge in [0, 0.05) is 6.54 Å². The van der Waals surface area contributed by atoms with Crippen LogP contribution in [0.15, 0.2) is 48.5 Å². The molecule has 0 bridgehead atoms. The van der Waals surface area contributed by atoms with E-state index in [2.05, 4.69) is 20.8 Å². The average Bonchev–Trinajstić information content (AvgIpc) is 3.25. The number of nitrogens with one attached hydrogen (secondary N) is 2. The van der Waals surface area contributed by atoms with Crippen LogP contribution >= 0.6 is 0 Å². The van der Waals surface area contributed by atoms with Crippen LogP contribution in [0.2, 0.25) is 0 Å². The molecule has 11 heteroatoms.